The lowest BCUT2D eigenvalue weighted by Gasteiger charge is -2.20. The van der Waals surface area contributed by atoms with Crippen LogP contribution in [0, 0.1) is 17.8 Å². The monoisotopic (exact) mass is 776 g/mol. The maximum Gasteiger partial charge on any atom is 0.148 e. The maximum absolute atomic E-state index is 11.8. The van der Waals surface area contributed by atoms with E-state index in [1.54, 1.807) is 6.07 Å². The number of rotatable bonds is 26. The van der Waals surface area contributed by atoms with Gasteiger partial charge >= 0.3 is 0 Å². The highest BCUT2D eigenvalue weighted by molar-refractivity contribution is 7.86. The highest BCUT2D eigenvalue weighted by Crippen LogP contribution is 2.36. The number of aliphatic hydroxyl groups is 1. The molecule has 11 nitrogen and oxygen atoms in total. The molecular weight excluding hydrogens is 705 g/mol. The molecule has 9 N–H and O–H groups in total. The third-order valence-electron chi connectivity index (χ3n) is 8.84. The molecule has 0 aromatic heterocycles. The molecule has 0 aliphatic rings. The van der Waals surface area contributed by atoms with Crippen LogP contribution in [0.15, 0.2) is 52.3 Å². The van der Waals surface area contributed by atoms with Crippen LogP contribution in [-0.2, 0) is 31.4 Å². The molecule has 2 aromatic carbocycles. The fourth-order valence-corrected chi connectivity index (χ4v) is 6.90. The van der Waals surface area contributed by atoms with Gasteiger partial charge in [-0.05, 0) is 60.8 Å². The van der Waals surface area contributed by atoms with Gasteiger partial charge in [-0.3, -0.25) is 0 Å². The Hall–Kier alpha value is -2.10. The topological polar surface area (TPSA) is 226 Å². The Morgan fingerprint density at radius 2 is 1.13 bits per heavy atom. The van der Waals surface area contributed by atoms with Gasteiger partial charge in [-0.25, -0.2) is 16.8 Å². The maximum atomic E-state index is 11.8. The van der Waals surface area contributed by atoms with Crippen molar-refractivity contribution < 1.29 is 40.5 Å². The van der Waals surface area contributed by atoms with Gasteiger partial charge in [0, 0.05) is 6.61 Å². The zero-order valence-corrected chi connectivity index (χ0v) is 34.9. The summed E-state index contributed by atoms with van der Waals surface area (Å²) in [6.07, 6.45) is 18.4. The van der Waals surface area contributed by atoms with Crippen molar-refractivity contribution in [1.82, 2.24) is 12.3 Å². The molecule has 0 bridgehead atoms. The van der Waals surface area contributed by atoms with E-state index in [9.17, 15) is 25.9 Å². The number of aliphatic hydroxyl groups excluding tert-OH is 1. The standard InChI is InChI=1S/C24H34O7S2.C15H32O2.2H3N/c1-2-3-4-5-6-7-8-9-10-11-15-20-16-14-19-23(33(28,29)30)24(20)31-21-17-12-13-18-22(21)32(25,26)27;1-13(2)5-6-14(3)7-8-15(4)9-11-17-12-10-16;;/h12-14,16-19H,2-11,15H2,1H3,(H,25,26,27)(H,28,29,30);13-16H,5-12H2,1-4H3;2*1H3. The number of hydrogen-bond acceptors (Lipinski definition) is 9. The molecule has 0 fully saturated rings. The SMILES string of the molecule is CC(C)CCC(C)CCC(C)CCOCCO.CCCCCCCCCCCCc1cccc(S(=O)(=O)[O-])c1Oc1ccccc1S(=O)(=O)[O-].[NH4+].[NH4+]. The third kappa shape index (κ3) is 23.5. The first-order chi connectivity index (χ1) is 23.7. The van der Waals surface area contributed by atoms with Gasteiger partial charge in [0.05, 0.1) is 23.0 Å². The second-order valence-electron chi connectivity index (χ2n) is 14.0. The van der Waals surface area contributed by atoms with Crippen LogP contribution in [0.2, 0.25) is 0 Å². The fraction of sp³-hybridized carbons (Fsp3) is 0.692. The molecule has 2 unspecified atom stereocenters. The Morgan fingerprint density at radius 3 is 1.67 bits per heavy atom. The largest absolute Gasteiger partial charge is 0.744 e. The number of benzene rings is 2. The van der Waals surface area contributed by atoms with Crippen LogP contribution in [0.5, 0.6) is 11.5 Å². The molecule has 0 aliphatic heterocycles. The Labute approximate surface area is 316 Å². The zero-order valence-electron chi connectivity index (χ0n) is 33.2. The predicted octanol–water partition coefficient (Wildman–Crippen LogP) is 10.4. The highest BCUT2D eigenvalue weighted by atomic mass is 32.2. The molecule has 2 rings (SSSR count). The number of ether oxygens (including phenoxy) is 2. The van der Waals surface area contributed by atoms with Gasteiger partial charge in [0.15, 0.2) is 0 Å². The summed E-state index contributed by atoms with van der Waals surface area (Å²) in [6.45, 7) is 12.9. The van der Waals surface area contributed by atoms with E-state index >= 15 is 0 Å². The van der Waals surface area contributed by atoms with E-state index in [0.29, 0.717) is 18.6 Å². The highest BCUT2D eigenvalue weighted by Gasteiger charge is 2.19. The molecule has 0 spiro atoms. The van der Waals surface area contributed by atoms with E-state index in [-0.39, 0.29) is 30.4 Å². The van der Waals surface area contributed by atoms with Gasteiger partial charge in [0.2, 0.25) is 0 Å². The van der Waals surface area contributed by atoms with Crippen molar-refractivity contribution in [3.05, 3.63) is 48.0 Å². The number of unbranched alkanes of at least 4 members (excludes halogenated alkanes) is 9. The van der Waals surface area contributed by atoms with Gasteiger partial charge < -0.3 is 36.0 Å². The Bertz CT molecular complexity index is 1400. The summed E-state index contributed by atoms with van der Waals surface area (Å²) in [6, 6.07) is 9.37. The van der Waals surface area contributed by atoms with Gasteiger partial charge in [-0.15, -0.1) is 0 Å². The Morgan fingerprint density at radius 1 is 0.635 bits per heavy atom. The van der Waals surface area contributed by atoms with Crippen LogP contribution < -0.4 is 17.0 Å². The van der Waals surface area contributed by atoms with E-state index in [4.69, 9.17) is 14.6 Å². The van der Waals surface area contributed by atoms with Crippen molar-refractivity contribution in [2.45, 2.75) is 147 Å². The molecule has 0 radical (unpaired) electrons. The Balaban J connectivity index is 0. The summed E-state index contributed by atoms with van der Waals surface area (Å²) in [4.78, 5) is -1.20. The lowest BCUT2D eigenvalue weighted by atomic mass is 9.91. The lowest BCUT2D eigenvalue weighted by Crippen LogP contribution is -2.07. The minimum atomic E-state index is -4.88. The van der Waals surface area contributed by atoms with Crippen molar-refractivity contribution in [2.75, 3.05) is 19.8 Å². The minimum absolute atomic E-state index is 0. The first kappa shape index (κ1) is 52.0. The molecule has 0 amide bonds. The van der Waals surface area contributed by atoms with Crippen molar-refractivity contribution in [1.29, 1.82) is 0 Å². The first-order valence-corrected chi connectivity index (χ1v) is 21.5. The van der Waals surface area contributed by atoms with Crippen molar-refractivity contribution >= 4 is 20.2 Å². The number of quaternary nitrogens is 2. The van der Waals surface area contributed by atoms with Gasteiger partial charge in [-0.1, -0.05) is 142 Å². The molecule has 13 heteroatoms. The molecular formula is C39H72N2O9S2. The van der Waals surface area contributed by atoms with Gasteiger partial charge in [0.25, 0.3) is 0 Å². The molecule has 0 saturated heterocycles. The summed E-state index contributed by atoms with van der Waals surface area (Å²) < 4.78 is 81.0. The third-order valence-corrected chi connectivity index (χ3v) is 10.6. The summed E-state index contributed by atoms with van der Waals surface area (Å²) in [5.41, 5.74) is 0.476. The second kappa shape index (κ2) is 29.3. The van der Waals surface area contributed by atoms with Crippen molar-refractivity contribution in [2.24, 2.45) is 17.8 Å². The lowest BCUT2D eigenvalue weighted by molar-refractivity contribution is 0.0830. The fourth-order valence-electron chi connectivity index (χ4n) is 5.65. The number of hydrogen-bond donors (Lipinski definition) is 3. The molecule has 304 valence electrons. The first-order valence-electron chi connectivity index (χ1n) is 18.7. The van der Waals surface area contributed by atoms with Crippen LogP contribution in [0.25, 0.3) is 0 Å². The average molecular weight is 777 g/mol. The van der Waals surface area contributed by atoms with Crippen LogP contribution >= 0.6 is 0 Å². The van der Waals surface area contributed by atoms with E-state index < -0.39 is 30.0 Å². The van der Waals surface area contributed by atoms with Crippen LogP contribution in [0.3, 0.4) is 0 Å². The molecule has 0 aliphatic carbocycles. The average Bonchev–Trinajstić information content (AvgIpc) is 3.05. The quantitative estimate of drug-likeness (QED) is 0.0609. The van der Waals surface area contributed by atoms with Crippen molar-refractivity contribution in [3.8, 4) is 11.5 Å². The normalized spacial score (nSPS) is 12.6. The summed E-state index contributed by atoms with van der Waals surface area (Å²) in [7, 11) is -9.73. The summed E-state index contributed by atoms with van der Waals surface area (Å²) >= 11 is 0. The van der Waals surface area contributed by atoms with E-state index in [2.05, 4.69) is 34.6 Å². The number of aryl methyl sites for hydroxylation is 1. The van der Waals surface area contributed by atoms with Crippen LogP contribution in [-0.4, -0.2) is 50.9 Å². The van der Waals surface area contributed by atoms with Crippen LogP contribution in [0.4, 0.5) is 0 Å². The second-order valence-corrected chi connectivity index (χ2v) is 16.7. The van der Waals surface area contributed by atoms with Crippen LogP contribution in [0.1, 0.15) is 136 Å². The van der Waals surface area contributed by atoms with E-state index in [0.717, 1.165) is 68.6 Å². The van der Waals surface area contributed by atoms with Gasteiger partial charge in [0.1, 0.15) is 31.7 Å². The minimum Gasteiger partial charge on any atom is -0.744 e. The summed E-state index contributed by atoms with van der Waals surface area (Å²) in [5.74, 6) is 1.91. The van der Waals surface area contributed by atoms with E-state index in [1.807, 2.05) is 0 Å². The molecule has 2 atom stereocenters. The molecule has 0 saturated carbocycles. The molecule has 2 aromatic rings. The van der Waals surface area contributed by atoms with E-state index in [1.165, 1.54) is 88.5 Å². The van der Waals surface area contributed by atoms with Gasteiger partial charge in [-0.2, -0.15) is 0 Å². The molecule has 52 heavy (non-hydrogen) atoms. The summed E-state index contributed by atoms with van der Waals surface area (Å²) in [5, 5.41) is 8.59. The zero-order chi connectivity index (χ0) is 37.4. The van der Waals surface area contributed by atoms with Crippen molar-refractivity contribution in [3.63, 3.8) is 0 Å². The smallest absolute Gasteiger partial charge is 0.148 e. The molecule has 0 heterocycles. The predicted molar refractivity (Wildman–Crippen MR) is 211 cm³/mol. The Kier molecular flexibility index (Phi) is 29.3. The number of para-hydroxylation sites is 2.